The second kappa shape index (κ2) is 8.20. The fourth-order valence-corrected chi connectivity index (χ4v) is 3.39. The SMILES string of the molecule is Cc1cccc(Cn2ccc(NC(=O)c3ccc(Cn4nc(C)c(Cl)c4C)o3)n2)c1. The van der Waals surface area contributed by atoms with Crippen molar-refractivity contribution in [1.29, 1.82) is 0 Å². The van der Waals surface area contributed by atoms with Crippen molar-refractivity contribution >= 4 is 23.3 Å². The lowest BCUT2D eigenvalue weighted by molar-refractivity contribution is 0.0994. The Morgan fingerprint density at radius 2 is 1.93 bits per heavy atom. The zero-order valence-corrected chi connectivity index (χ0v) is 17.8. The van der Waals surface area contributed by atoms with Crippen LogP contribution >= 0.6 is 11.6 Å². The highest BCUT2D eigenvalue weighted by Crippen LogP contribution is 2.20. The first-order valence-corrected chi connectivity index (χ1v) is 9.95. The molecule has 1 N–H and O–H groups in total. The van der Waals surface area contributed by atoms with E-state index in [1.54, 1.807) is 27.6 Å². The molecule has 154 valence electrons. The van der Waals surface area contributed by atoms with Crippen LogP contribution < -0.4 is 5.32 Å². The fourth-order valence-electron chi connectivity index (χ4n) is 3.25. The van der Waals surface area contributed by atoms with Crippen molar-refractivity contribution in [2.75, 3.05) is 5.32 Å². The predicted octanol–water partition coefficient (Wildman–Crippen LogP) is 4.60. The van der Waals surface area contributed by atoms with Crippen LogP contribution in [-0.4, -0.2) is 25.5 Å². The molecule has 0 unspecified atom stereocenters. The van der Waals surface area contributed by atoms with Gasteiger partial charge in [-0.25, -0.2) is 0 Å². The maximum absolute atomic E-state index is 12.5. The third kappa shape index (κ3) is 4.31. The Hall–Kier alpha value is -3.32. The van der Waals surface area contributed by atoms with Crippen LogP contribution in [0.3, 0.4) is 0 Å². The van der Waals surface area contributed by atoms with E-state index < -0.39 is 0 Å². The van der Waals surface area contributed by atoms with E-state index in [-0.39, 0.29) is 11.7 Å². The molecule has 4 aromatic rings. The van der Waals surface area contributed by atoms with Gasteiger partial charge >= 0.3 is 0 Å². The maximum atomic E-state index is 12.5. The maximum Gasteiger partial charge on any atom is 0.292 e. The van der Waals surface area contributed by atoms with E-state index in [1.807, 2.05) is 32.2 Å². The number of nitrogens with one attached hydrogen (secondary N) is 1. The molecule has 0 spiro atoms. The molecule has 0 atom stereocenters. The lowest BCUT2D eigenvalue weighted by Gasteiger charge is -2.03. The topological polar surface area (TPSA) is 77.9 Å². The van der Waals surface area contributed by atoms with Crippen LogP contribution in [0, 0.1) is 20.8 Å². The van der Waals surface area contributed by atoms with E-state index in [1.165, 1.54) is 5.56 Å². The fraction of sp³-hybridized carbons (Fsp3) is 0.227. The number of halogens is 1. The summed E-state index contributed by atoms with van der Waals surface area (Å²) in [5, 5.41) is 12.2. The van der Waals surface area contributed by atoms with Crippen molar-refractivity contribution in [3.63, 3.8) is 0 Å². The lowest BCUT2D eigenvalue weighted by atomic mass is 10.1. The summed E-state index contributed by atoms with van der Waals surface area (Å²) in [6.07, 6.45) is 1.83. The van der Waals surface area contributed by atoms with Gasteiger partial charge in [0.15, 0.2) is 11.6 Å². The van der Waals surface area contributed by atoms with Gasteiger partial charge in [0.05, 0.1) is 29.5 Å². The molecule has 30 heavy (non-hydrogen) atoms. The number of aromatic nitrogens is 4. The Morgan fingerprint density at radius 3 is 2.67 bits per heavy atom. The quantitative estimate of drug-likeness (QED) is 0.491. The molecule has 0 radical (unpaired) electrons. The highest BCUT2D eigenvalue weighted by atomic mass is 35.5. The number of carbonyl (C=O) groups is 1. The van der Waals surface area contributed by atoms with E-state index in [0.717, 1.165) is 17.0 Å². The number of furan rings is 1. The Balaban J connectivity index is 1.40. The van der Waals surface area contributed by atoms with Crippen LogP contribution in [0.5, 0.6) is 0 Å². The second-order valence-electron chi connectivity index (χ2n) is 7.25. The molecule has 0 saturated carbocycles. The minimum Gasteiger partial charge on any atom is -0.454 e. The number of benzene rings is 1. The number of amides is 1. The minimum atomic E-state index is -0.353. The molecular formula is C22H22ClN5O2. The predicted molar refractivity (Wildman–Crippen MR) is 115 cm³/mol. The van der Waals surface area contributed by atoms with Crippen LogP contribution in [0.1, 0.15) is 38.8 Å². The van der Waals surface area contributed by atoms with E-state index in [4.69, 9.17) is 16.0 Å². The average Bonchev–Trinajstić information content (AvgIpc) is 3.40. The molecule has 0 aliphatic carbocycles. The minimum absolute atomic E-state index is 0.214. The Bertz CT molecular complexity index is 1200. The van der Waals surface area contributed by atoms with Gasteiger partial charge < -0.3 is 9.73 Å². The van der Waals surface area contributed by atoms with E-state index in [0.29, 0.717) is 29.7 Å². The van der Waals surface area contributed by atoms with Crippen molar-refractivity contribution in [1.82, 2.24) is 19.6 Å². The molecule has 0 aliphatic heterocycles. The van der Waals surface area contributed by atoms with Crippen LogP contribution in [0.15, 0.2) is 53.1 Å². The summed E-state index contributed by atoms with van der Waals surface area (Å²) in [5.41, 5.74) is 3.97. The van der Waals surface area contributed by atoms with Crippen LogP contribution in [0.2, 0.25) is 5.02 Å². The summed E-state index contributed by atoms with van der Waals surface area (Å²) in [5.74, 6) is 0.947. The van der Waals surface area contributed by atoms with E-state index in [2.05, 4.69) is 34.6 Å². The standard InChI is InChI=1S/C22H22ClN5O2/c1-14-5-4-6-17(11-14)12-27-10-9-20(26-27)24-22(29)19-8-7-18(30-19)13-28-16(3)21(23)15(2)25-28/h4-11H,12-13H2,1-3H3,(H,24,26,29). The summed E-state index contributed by atoms with van der Waals surface area (Å²) in [6, 6.07) is 13.4. The third-order valence-corrected chi connectivity index (χ3v) is 5.34. The molecule has 1 amide bonds. The summed E-state index contributed by atoms with van der Waals surface area (Å²) < 4.78 is 9.23. The van der Waals surface area contributed by atoms with Gasteiger partial charge in [-0.3, -0.25) is 14.2 Å². The first-order chi connectivity index (χ1) is 14.4. The van der Waals surface area contributed by atoms with Gasteiger partial charge in [0, 0.05) is 12.3 Å². The van der Waals surface area contributed by atoms with Gasteiger partial charge in [-0.1, -0.05) is 41.4 Å². The summed E-state index contributed by atoms with van der Waals surface area (Å²) in [4.78, 5) is 12.5. The molecule has 0 saturated heterocycles. The van der Waals surface area contributed by atoms with Gasteiger partial charge in [-0.05, 0) is 38.5 Å². The molecule has 8 heteroatoms. The van der Waals surface area contributed by atoms with Crippen molar-refractivity contribution < 1.29 is 9.21 Å². The molecule has 7 nitrogen and oxygen atoms in total. The number of rotatable bonds is 6. The van der Waals surface area contributed by atoms with Crippen molar-refractivity contribution in [3.8, 4) is 0 Å². The normalized spacial score (nSPS) is 11.1. The molecule has 1 aromatic carbocycles. The third-order valence-electron chi connectivity index (χ3n) is 4.79. The van der Waals surface area contributed by atoms with Gasteiger partial charge in [0.2, 0.25) is 0 Å². The van der Waals surface area contributed by atoms with E-state index >= 15 is 0 Å². The molecule has 3 heterocycles. The molecule has 3 aromatic heterocycles. The Kier molecular flexibility index (Phi) is 5.46. The smallest absolute Gasteiger partial charge is 0.292 e. The lowest BCUT2D eigenvalue weighted by Crippen LogP contribution is -2.12. The van der Waals surface area contributed by atoms with Gasteiger partial charge in [0.1, 0.15) is 5.76 Å². The zero-order chi connectivity index (χ0) is 21.3. The summed E-state index contributed by atoms with van der Waals surface area (Å²) in [7, 11) is 0. The number of nitrogens with zero attached hydrogens (tertiary/aromatic N) is 4. The van der Waals surface area contributed by atoms with Crippen molar-refractivity contribution in [2.24, 2.45) is 0 Å². The second-order valence-corrected chi connectivity index (χ2v) is 7.63. The van der Waals surface area contributed by atoms with Crippen LogP contribution in [-0.2, 0) is 13.1 Å². The first kappa shape index (κ1) is 20.0. The number of hydrogen-bond acceptors (Lipinski definition) is 4. The molecule has 0 bridgehead atoms. The highest BCUT2D eigenvalue weighted by molar-refractivity contribution is 6.31. The molecule has 0 fully saturated rings. The molecule has 4 rings (SSSR count). The summed E-state index contributed by atoms with van der Waals surface area (Å²) >= 11 is 6.18. The highest BCUT2D eigenvalue weighted by Gasteiger charge is 2.15. The van der Waals surface area contributed by atoms with E-state index in [9.17, 15) is 4.79 Å². The zero-order valence-electron chi connectivity index (χ0n) is 17.0. The number of carbonyl (C=O) groups excluding carboxylic acids is 1. The first-order valence-electron chi connectivity index (χ1n) is 9.57. The number of aryl methyl sites for hydroxylation is 2. The summed E-state index contributed by atoms with van der Waals surface area (Å²) in [6.45, 7) is 6.83. The van der Waals surface area contributed by atoms with Crippen molar-refractivity contribution in [3.05, 3.63) is 87.7 Å². The molecule has 0 aliphatic rings. The van der Waals surface area contributed by atoms with Gasteiger partial charge in [0.25, 0.3) is 5.91 Å². The van der Waals surface area contributed by atoms with Gasteiger partial charge in [-0.2, -0.15) is 10.2 Å². The molecular weight excluding hydrogens is 402 g/mol. The number of hydrogen-bond donors (Lipinski definition) is 1. The van der Waals surface area contributed by atoms with Crippen molar-refractivity contribution in [2.45, 2.75) is 33.9 Å². The Labute approximate surface area is 179 Å². The largest absolute Gasteiger partial charge is 0.454 e. The van der Waals surface area contributed by atoms with Crippen LogP contribution in [0.4, 0.5) is 5.82 Å². The number of anilines is 1. The average molecular weight is 424 g/mol. The van der Waals surface area contributed by atoms with Crippen LogP contribution in [0.25, 0.3) is 0 Å². The monoisotopic (exact) mass is 423 g/mol. The van der Waals surface area contributed by atoms with Gasteiger partial charge in [-0.15, -0.1) is 0 Å². The Morgan fingerprint density at radius 1 is 1.10 bits per heavy atom.